The summed E-state index contributed by atoms with van der Waals surface area (Å²) in [7, 11) is 0. The van der Waals surface area contributed by atoms with Gasteiger partial charge in [0.1, 0.15) is 17.3 Å². The molecule has 9 heteroatoms. The Hall–Kier alpha value is -1.80. The van der Waals surface area contributed by atoms with Gasteiger partial charge >= 0.3 is 6.18 Å². The second kappa shape index (κ2) is 7.40. The van der Waals surface area contributed by atoms with E-state index in [0.29, 0.717) is 0 Å². The second-order valence-corrected chi connectivity index (χ2v) is 6.03. The standard InChI is InChI=1S/C15H9ClF5NOS/c16-10-5-4-8(6-9(10)15(19,20)21)24-7-13(23)22-14-11(17)2-1-3-12(14)18/h1-6H,7H2,(H,22,23). The number of benzene rings is 2. The normalized spacial score (nSPS) is 11.4. The van der Waals surface area contributed by atoms with Crippen LogP contribution in [0.1, 0.15) is 5.56 Å². The Labute approximate surface area is 143 Å². The Morgan fingerprint density at radius 2 is 1.75 bits per heavy atom. The lowest BCUT2D eigenvalue weighted by molar-refractivity contribution is -0.137. The maximum atomic E-state index is 13.4. The van der Waals surface area contributed by atoms with Gasteiger partial charge in [-0.3, -0.25) is 4.79 Å². The third-order valence-electron chi connectivity index (χ3n) is 2.84. The minimum Gasteiger partial charge on any atom is -0.320 e. The molecule has 0 spiro atoms. The van der Waals surface area contributed by atoms with Gasteiger partial charge in [0.05, 0.1) is 16.3 Å². The van der Waals surface area contributed by atoms with E-state index in [-0.39, 0.29) is 10.6 Å². The minimum absolute atomic E-state index is 0.149. The molecule has 24 heavy (non-hydrogen) atoms. The second-order valence-electron chi connectivity index (χ2n) is 4.57. The fourth-order valence-electron chi connectivity index (χ4n) is 1.75. The molecular formula is C15H9ClF5NOS. The van der Waals surface area contributed by atoms with Crippen LogP contribution in [0.5, 0.6) is 0 Å². The Bertz CT molecular complexity index is 746. The van der Waals surface area contributed by atoms with E-state index >= 15 is 0 Å². The highest BCUT2D eigenvalue weighted by Gasteiger charge is 2.33. The van der Waals surface area contributed by atoms with Crippen molar-refractivity contribution in [3.63, 3.8) is 0 Å². The third-order valence-corrected chi connectivity index (χ3v) is 4.16. The molecule has 0 unspecified atom stereocenters. The van der Waals surface area contributed by atoms with E-state index in [1.54, 1.807) is 0 Å². The van der Waals surface area contributed by atoms with Crippen LogP contribution in [0.2, 0.25) is 5.02 Å². The first-order chi connectivity index (χ1) is 11.2. The van der Waals surface area contributed by atoms with Crippen molar-refractivity contribution in [1.82, 2.24) is 0 Å². The van der Waals surface area contributed by atoms with Gasteiger partial charge in [-0.1, -0.05) is 17.7 Å². The predicted molar refractivity (Wildman–Crippen MR) is 82.2 cm³/mol. The number of thioether (sulfide) groups is 1. The molecule has 2 rings (SSSR count). The van der Waals surface area contributed by atoms with E-state index in [9.17, 15) is 26.7 Å². The average molecular weight is 382 g/mol. The predicted octanol–water partition coefficient (Wildman–Crippen LogP) is 5.37. The number of halogens is 6. The molecule has 0 atom stereocenters. The van der Waals surface area contributed by atoms with Crippen LogP contribution in [0, 0.1) is 11.6 Å². The first-order valence-corrected chi connectivity index (χ1v) is 7.78. The van der Waals surface area contributed by atoms with Crippen molar-refractivity contribution in [2.75, 3.05) is 11.1 Å². The zero-order valence-electron chi connectivity index (χ0n) is 11.8. The van der Waals surface area contributed by atoms with Gasteiger partial charge in [-0.25, -0.2) is 8.78 Å². The molecule has 0 saturated heterocycles. The highest BCUT2D eigenvalue weighted by molar-refractivity contribution is 8.00. The summed E-state index contributed by atoms with van der Waals surface area (Å²) in [5.74, 6) is -2.97. The number of nitrogens with one attached hydrogen (secondary N) is 1. The molecule has 2 aromatic carbocycles. The van der Waals surface area contributed by atoms with Crippen LogP contribution in [0.15, 0.2) is 41.3 Å². The van der Waals surface area contributed by atoms with E-state index in [1.165, 1.54) is 6.07 Å². The van der Waals surface area contributed by atoms with Gasteiger partial charge in [-0.15, -0.1) is 11.8 Å². The highest BCUT2D eigenvalue weighted by atomic mass is 35.5. The Balaban J connectivity index is 2.05. The number of hydrogen-bond acceptors (Lipinski definition) is 2. The minimum atomic E-state index is -4.62. The number of carbonyl (C=O) groups excluding carboxylic acids is 1. The monoisotopic (exact) mass is 381 g/mol. The number of alkyl halides is 3. The molecular weight excluding hydrogens is 373 g/mol. The molecule has 0 aliphatic rings. The third kappa shape index (κ3) is 4.61. The quantitative estimate of drug-likeness (QED) is 0.570. The molecule has 2 nitrogen and oxygen atoms in total. The molecule has 1 N–H and O–H groups in total. The Kier molecular flexibility index (Phi) is 5.71. The Morgan fingerprint density at radius 3 is 2.33 bits per heavy atom. The first kappa shape index (κ1) is 18.5. The van der Waals surface area contributed by atoms with E-state index in [4.69, 9.17) is 11.6 Å². The zero-order valence-corrected chi connectivity index (χ0v) is 13.3. The van der Waals surface area contributed by atoms with E-state index < -0.39 is 40.0 Å². The van der Waals surface area contributed by atoms with Gasteiger partial charge in [0.25, 0.3) is 0 Å². The molecule has 128 valence electrons. The molecule has 0 radical (unpaired) electrons. The van der Waals surface area contributed by atoms with Crippen LogP contribution in [0.25, 0.3) is 0 Å². The van der Waals surface area contributed by atoms with Gasteiger partial charge in [-0.05, 0) is 30.3 Å². The average Bonchev–Trinajstić information content (AvgIpc) is 2.49. The van der Waals surface area contributed by atoms with Crippen LogP contribution >= 0.6 is 23.4 Å². The van der Waals surface area contributed by atoms with Gasteiger partial charge in [0.15, 0.2) is 0 Å². The molecule has 2 aromatic rings. The molecule has 0 aromatic heterocycles. The summed E-state index contributed by atoms with van der Waals surface area (Å²) in [4.78, 5) is 11.9. The van der Waals surface area contributed by atoms with Crippen LogP contribution < -0.4 is 5.32 Å². The van der Waals surface area contributed by atoms with Crippen LogP contribution in [-0.2, 0) is 11.0 Å². The van der Waals surface area contributed by atoms with Crippen molar-refractivity contribution in [3.8, 4) is 0 Å². The number of hydrogen-bond donors (Lipinski definition) is 1. The zero-order chi connectivity index (χ0) is 17.9. The number of anilines is 1. The summed E-state index contributed by atoms with van der Waals surface area (Å²) < 4.78 is 65.0. The lowest BCUT2D eigenvalue weighted by atomic mass is 10.2. The summed E-state index contributed by atoms with van der Waals surface area (Å²) in [5.41, 5.74) is -1.62. The van der Waals surface area contributed by atoms with Gasteiger partial charge in [-0.2, -0.15) is 13.2 Å². The molecule has 0 aliphatic carbocycles. The summed E-state index contributed by atoms with van der Waals surface area (Å²) in [5, 5.41) is 1.59. The maximum absolute atomic E-state index is 13.4. The first-order valence-electron chi connectivity index (χ1n) is 6.42. The van der Waals surface area contributed by atoms with Crippen molar-refractivity contribution in [1.29, 1.82) is 0 Å². The topological polar surface area (TPSA) is 29.1 Å². The fourth-order valence-corrected chi connectivity index (χ4v) is 2.71. The maximum Gasteiger partial charge on any atom is 0.417 e. The van der Waals surface area contributed by atoms with Gasteiger partial charge in [0.2, 0.25) is 5.91 Å². The summed E-state index contributed by atoms with van der Waals surface area (Å²) in [6.45, 7) is 0. The molecule has 0 saturated carbocycles. The van der Waals surface area contributed by atoms with Crippen molar-refractivity contribution >= 4 is 35.0 Å². The molecule has 0 aliphatic heterocycles. The number of para-hydroxylation sites is 1. The van der Waals surface area contributed by atoms with Gasteiger partial charge in [0, 0.05) is 4.90 Å². The van der Waals surface area contributed by atoms with E-state index in [0.717, 1.165) is 42.1 Å². The molecule has 0 bridgehead atoms. The highest BCUT2D eigenvalue weighted by Crippen LogP contribution is 2.37. The lowest BCUT2D eigenvalue weighted by Crippen LogP contribution is -2.16. The smallest absolute Gasteiger partial charge is 0.320 e. The molecule has 1 amide bonds. The van der Waals surface area contributed by atoms with Crippen molar-refractivity contribution in [2.45, 2.75) is 11.1 Å². The van der Waals surface area contributed by atoms with E-state index in [1.807, 2.05) is 5.32 Å². The number of carbonyl (C=O) groups is 1. The van der Waals surface area contributed by atoms with Gasteiger partial charge < -0.3 is 5.32 Å². The van der Waals surface area contributed by atoms with Crippen LogP contribution in [-0.4, -0.2) is 11.7 Å². The molecule has 0 fully saturated rings. The van der Waals surface area contributed by atoms with Crippen molar-refractivity contribution in [2.24, 2.45) is 0 Å². The van der Waals surface area contributed by atoms with Crippen LogP contribution in [0.3, 0.4) is 0 Å². The SMILES string of the molecule is O=C(CSc1ccc(Cl)c(C(F)(F)F)c1)Nc1c(F)cccc1F. The van der Waals surface area contributed by atoms with E-state index in [2.05, 4.69) is 0 Å². The largest absolute Gasteiger partial charge is 0.417 e. The lowest BCUT2D eigenvalue weighted by Gasteiger charge is -2.11. The molecule has 0 heterocycles. The van der Waals surface area contributed by atoms with Crippen molar-refractivity contribution in [3.05, 3.63) is 58.6 Å². The summed E-state index contributed by atoms with van der Waals surface area (Å²) in [6.07, 6.45) is -4.62. The summed E-state index contributed by atoms with van der Waals surface area (Å²) in [6, 6.07) is 6.28. The Morgan fingerprint density at radius 1 is 1.12 bits per heavy atom. The summed E-state index contributed by atoms with van der Waals surface area (Å²) >= 11 is 6.28. The van der Waals surface area contributed by atoms with Crippen molar-refractivity contribution < 1.29 is 26.7 Å². The number of rotatable bonds is 4. The number of amides is 1. The van der Waals surface area contributed by atoms with Crippen LogP contribution in [0.4, 0.5) is 27.6 Å². The fraction of sp³-hybridized carbons (Fsp3) is 0.133.